The number of amides is 1. The van der Waals surface area contributed by atoms with Crippen molar-refractivity contribution in [2.75, 3.05) is 19.6 Å². The van der Waals surface area contributed by atoms with E-state index in [-0.39, 0.29) is 11.8 Å². The Bertz CT molecular complexity index is 1410. The summed E-state index contributed by atoms with van der Waals surface area (Å²) in [5.74, 6) is 0.599. The van der Waals surface area contributed by atoms with Gasteiger partial charge in [-0.05, 0) is 108 Å². The molecule has 1 aromatic carbocycles. The highest BCUT2D eigenvalue weighted by molar-refractivity contribution is 6.03. The van der Waals surface area contributed by atoms with Gasteiger partial charge in [0, 0.05) is 24.7 Å². The van der Waals surface area contributed by atoms with Gasteiger partial charge in [0.15, 0.2) is 5.65 Å². The molecule has 0 saturated carbocycles. The second-order valence-electron chi connectivity index (χ2n) is 14.3. The lowest BCUT2D eigenvalue weighted by atomic mass is 9.79. The molecule has 7 heteroatoms. The van der Waals surface area contributed by atoms with Crippen molar-refractivity contribution in [2.24, 2.45) is 17.6 Å². The van der Waals surface area contributed by atoms with Crippen molar-refractivity contribution < 1.29 is 14.3 Å². The van der Waals surface area contributed by atoms with Crippen LogP contribution in [0.15, 0.2) is 30.5 Å². The Labute approximate surface area is 252 Å². The molecule has 2 heterocycles. The fourth-order valence-corrected chi connectivity index (χ4v) is 5.86. The summed E-state index contributed by atoms with van der Waals surface area (Å²) in [5, 5.41) is 0.794. The maximum Gasteiger partial charge on any atom is 0.420 e. The van der Waals surface area contributed by atoms with E-state index in [2.05, 4.69) is 52.8 Å². The minimum atomic E-state index is -0.895. The third-order valence-electron chi connectivity index (χ3n) is 7.47. The van der Waals surface area contributed by atoms with E-state index in [0.717, 1.165) is 33.2 Å². The van der Waals surface area contributed by atoms with Crippen LogP contribution in [-0.4, -0.2) is 51.7 Å². The van der Waals surface area contributed by atoms with E-state index in [1.165, 1.54) is 0 Å². The van der Waals surface area contributed by atoms with Gasteiger partial charge in [-0.1, -0.05) is 51.8 Å². The third-order valence-corrected chi connectivity index (χ3v) is 7.47. The molecule has 2 N–H and O–H groups in total. The van der Waals surface area contributed by atoms with Gasteiger partial charge >= 0.3 is 6.09 Å². The summed E-state index contributed by atoms with van der Waals surface area (Å²) in [6, 6.07) is 8.20. The highest BCUT2D eigenvalue weighted by Crippen LogP contribution is 2.43. The molecule has 0 aliphatic rings. The molecular formula is C35H52N4O3. The Morgan fingerprint density at radius 2 is 1.50 bits per heavy atom. The predicted molar refractivity (Wildman–Crippen MR) is 173 cm³/mol. The lowest BCUT2D eigenvalue weighted by molar-refractivity contribution is -0.137. The van der Waals surface area contributed by atoms with Gasteiger partial charge in [-0.3, -0.25) is 4.79 Å². The highest BCUT2D eigenvalue weighted by atomic mass is 16.6. The molecule has 0 radical (unpaired) electrons. The van der Waals surface area contributed by atoms with Crippen molar-refractivity contribution in [1.29, 1.82) is 0 Å². The van der Waals surface area contributed by atoms with E-state index < -0.39 is 17.1 Å². The number of nitrogens with two attached hydrogens (primary N) is 1. The number of fused-ring (bicyclic) bond motifs is 1. The minimum absolute atomic E-state index is 0.0571. The Morgan fingerprint density at radius 3 is 1.98 bits per heavy atom. The van der Waals surface area contributed by atoms with Gasteiger partial charge in [0.25, 0.3) is 0 Å². The number of benzene rings is 1. The van der Waals surface area contributed by atoms with Crippen LogP contribution in [0.4, 0.5) is 4.79 Å². The summed E-state index contributed by atoms with van der Waals surface area (Å²) < 4.78 is 7.56. The van der Waals surface area contributed by atoms with Gasteiger partial charge in [0.2, 0.25) is 5.91 Å². The van der Waals surface area contributed by atoms with Crippen molar-refractivity contribution in [2.45, 2.75) is 100 Å². The van der Waals surface area contributed by atoms with Crippen LogP contribution < -0.4 is 5.73 Å². The lowest BCUT2D eigenvalue weighted by Crippen LogP contribution is -2.46. The van der Waals surface area contributed by atoms with Gasteiger partial charge in [-0.2, -0.15) is 0 Å². The molecule has 0 aliphatic carbocycles. The summed E-state index contributed by atoms with van der Waals surface area (Å²) in [4.78, 5) is 35.1. The molecule has 1 atom stereocenters. The standard InChI is InChI=1S/C35H52N4O3/c1-21(2)19-38(20-22(3)4)32(40)35(11,12)27-13-14-37-31-29(27)28(25(7)18-36)30(26-16-23(5)15-24(6)17-26)39(31)33(41)42-34(8,9)10/h13-17,21-22,25H,18-20,36H2,1-12H3/t25-/m1/s1. The van der Waals surface area contributed by atoms with E-state index >= 15 is 0 Å². The molecule has 0 unspecified atom stereocenters. The average molecular weight is 577 g/mol. The smallest absolute Gasteiger partial charge is 0.420 e. The first-order valence-electron chi connectivity index (χ1n) is 15.2. The molecule has 1 amide bonds. The van der Waals surface area contributed by atoms with Crippen LogP contribution in [0.3, 0.4) is 0 Å². The molecule has 0 spiro atoms. The summed E-state index contributed by atoms with van der Waals surface area (Å²) in [6.07, 6.45) is 1.19. The van der Waals surface area contributed by atoms with Gasteiger partial charge < -0.3 is 15.4 Å². The van der Waals surface area contributed by atoms with Crippen molar-refractivity contribution in [3.05, 3.63) is 52.7 Å². The first-order chi connectivity index (χ1) is 19.4. The number of carbonyl (C=O) groups excluding carboxylic acids is 2. The largest absolute Gasteiger partial charge is 0.443 e. The van der Waals surface area contributed by atoms with Crippen LogP contribution in [0.25, 0.3) is 22.3 Å². The van der Waals surface area contributed by atoms with Gasteiger partial charge in [0.1, 0.15) is 5.60 Å². The topological polar surface area (TPSA) is 90.5 Å². The molecular weight excluding hydrogens is 524 g/mol. The van der Waals surface area contributed by atoms with Crippen LogP contribution in [0.5, 0.6) is 0 Å². The van der Waals surface area contributed by atoms with Crippen LogP contribution in [0.2, 0.25) is 0 Å². The van der Waals surface area contributed by atoms with Crippen molar-refractivity contribution >= 4 is 23.0 Å². The number of hydrogen-bond donors (Lipinski definition) is 1. The van der Waals surface area contributed by atoms with Crippen molar-refractivity contribution in [3.63, 3.8) is 0 Å². The number of nitrogens with zero attached hydrogens (tertiary/aromatic N) is 3. The molecule has 7 nitrogen and oxygen atoms in total. The maximum absolute atomic E-state index is 14.4. The van der Waals surface area contributed by atoms with E-state index in [1.54, 1.807) is 10.8 Å². The highest BCUT2D eigenvalue weighted by Gasteiger charge is 2.39. The molecule has 42 heavy (non-hydrogen) atoms. The van der Waals surface area contributed by atoms with Crippen molar-refractivity contribution in [1.82, 2.24) is 14.5 Å². The monoisotopic (exact) mass is 576 g/mol. The summed E-state index contributed by atoms with van der Waals surface area (Å²) in [7, 11) is 0. The van der Waals surface area contributed by atoms with Gasteiger partial charge in [-0.15, -0.1) is 0 Å². The normalized spacial score (nSPS) is 13.2. The van der Waals surface area contributed by atoms with E-state index in [9.17, 15) is 9.59 Å². The fraction of sp³-hybridized carbons (Fsp3) is 0.571. The van der Waals surface area contributed by atoms with E-state index in [4.69, 9.17) is 15.5 Å². The van der Waals surface area contributed by atoms with Crippen LogP contribution in [0.1, 0.15) is 97.4 Å². The number of rotatable bonds is 9. The SMILES string of the molecule is Cc1cc(C)cc(-c2c([C@H](C)CN)c3c(C(C)(C)C(=O)N(CC(C)C)CC(C)C)ccnc3n2C(=O)OC(C)(C)C)c1. The molecule has 0 aliphatic heterocycles. The second kappa shape index (κ2) is 12.6. The van der Waals surface area contributed by atoms with Gasteiger partial charge in [-0.25, -0.2) is 14.3 Å². The molecule has 3 aromatic rings. The van der Waals surface area contributed by atoms with Crippen LogP contribution >= 0.6 is 0 Å². The van der Waals surface area contributed by atoms with Crippen LogP contribution in [0, 0.1) is 25.7 Å². The molecule has 3 rings (SSSR count). The summed E-state index contributed by atoms with van der Waals surface area (Å²) >= 11 is 0. The number of pyridine rings is 1. The zero-order valence-electron chi connectivity index (χ0n) is 27.9. The molecule has 0 fully saturated rings. The van der Waals surface area contributed by atoms with Crippen molar-refractivity contribution in [3.8, 4) is 11.3 Å². The summed E-state index contributed by atoms with van der Waals surface area (Å²) in [5.41, 5.74) is 10.7. The Kier molecular flexibility index (Phi) is 9.98. The second-order valence-corrected chi connectivity index (χ2v) is 14.3. The first-order valence-corrected chi connectivity index (χ1v) is 15.2. The maximum atomic E-state index is 14.4. The fourth-order valence-electron chi connectivity index (χ4n) is 5.86. The number of hydrogen-bond acceptors (Lipinski definition) is 5. The molecule has 230 valence electrons. The molecule has 0 bridgehead atoms. The molecule has 0 saturated heterocycles. The zero-order chi connectivity index (χ0) is 31.7. The third kappa shape index (κ3) is 7.05. The minimum Gasteiger partial charge on any atom is -0.443 e. The van der Waals surface area contributed by atoms with Crippen LogP contribution in [-0.2, 0) is 14.9 Å². The summed E-state index contributed by atoms with van der Waals surface area (Å²) in [6.45, 7) is 25.9. The van der Waals surface area contributed by atoms with E-state index in [1.807, 2.05) is 59.4 Å². The number of carbonyl (C=O) groups is 2. The zero-order valence-corrected chi connectivity index (χ0v) is 27.9. The molecule has 2 aromatic heterocycles. The van der Waals surface area contributed by atoms with E-state index in [0.29, 0.717) is 42.8 Å². The van der Waals surface area contributed by atoms with Gasteiger partial charge in [0.05, 0.1) is 11.1 Å². The average Bonchev–Trinajstić information content (AvgIpc) is 3.20. The Morgan fingerprint density at radius 1 is 0.952 bits per heavy atom. The number of ether oxygens (including phenoxy) is 1. The Balaban J connectivity index is 2.48. The number of aryl methyl sites for hydroxylation is 2. The Hall–Kier alpha value is -3.19. The predicted octanol–water partition coefficient (Wildman–Crippen LogP) is 7.58. The quantitative estimate of drug-likeness (QED) is 0.283. The first kappa shape index (κ1) is 33.3. The lowest BCUT2D eigenvalue weighted by Gasteiger charge is -2.35. The number of aromatic nitrogens is 2.